The average Bonchev–Trinajstić information content (AvgIpc) is 2.79. The minimum Gasteiger partial charge on any atom is -0.355 e. The number of thioether (sulfide) groups is 1. The van der Waals surface area contributed by atoms with Crippen LogP contribution >= 0.6 is 11.8 Å². The standard InChI is InChI=1S/C16H29N5OS/c1-13(2)16(22)17-7-5-14-18-19-15-6-9-20(8-4-12-23-3)10-11-21(14)15/h13H,4-12H2,1-3H3,(H,17,22). The van der Waals surface area contributed by atoms with Crippen molar-refractivity contribution >= 4 is 17.7 Å². The maximum absolute atomic E-state index is 11.6. The molecule has 6 nitrogen and oxygen atoms in total. The minimum atomic E-state index is 0.0281. The van der Waals surface area contributed by atoms with Gasteiger partial charge in [0.15, 0.2) is 0 Å². The highest BCUT2D eigenvalue weighted by Gasteiger charge is 2.18. The van der Waals surface area contributed by atoms with E-state index in [2.05, 4.69) is 31.2 Å². The monoisotopic (exact) mass is 339 g/mol. The van der Waals surface area contributed by atoms with Crippen molar-refractivity contribution < 1.29 is 4.79 Å². The van der Waals surface area contributed by atoms with E-state index in [0.29, 0.717) is 6.54 Å². The minimum absolute atomic E-state index is 0.0281. The lowest BCUT2D eigenvalue weighted by Crippen LogP contribution is -2.30. The second kappa shape index (κ2) is 9.27. The fraction of sp³-hybridized carbons (Fsp3) is 0.812. The predicted octanol–water partition coefficient (Wildman–Crippen LogP) is 1.20. The number of amides is 1. The maximum atomic E-state index is 11.6. The molecule has 0 radical (unpaired) electrons. The van der Waals surface area contributed by atoms with Crippen LogP contribution in [0.4, 0.5) is 0 Å². The van der Waals surface area contributed by atoms with Crippen LogP contribution in [-0.4, -0.2) is 63.8 Å². The van der Waals surface area contributed by atoms with E-state index in [0.717, 1.165) is 44.1 Å². The van der Waals surface area contributed by atoms with Gasteiger partial charge in [-0.25, -0.2) is 0 Å². The van der Waals surface area contributed by atoms with Crippen molar-refractivity contribution in [1.29, 1.82) is 0 Å². The number of aromatic nitrogens is 3. The summed E-state index contributed by atoms with van der Waals surface area (Å²) < 4.78 is 2.25. The van der Waals surface area contributed by atoms with Gasteiger partial charge in [-0.05, 0) is 25.0 Å². The van der Waals surface area contributed by atoms with Crippen molar-refractivity contribution in [3.63, 3.8) is 0 Å². The van der Waals surface area contributed by atoms with E-state index < -0.39 is 0 Å². The van der Waals surface area contributed by atoms with Gasteiger partial charge < -0.3 is 14.8 Å². The lowest BCUT2D eigenvalue weighted by atomic mass is 10.2. The highest BCUT2D eigenvalue weighted by atomic mass is 32.2. The van der Waals surface area contributed by atoms with Crippen LogP contribution < -0.4 is 5.32 Å². The molecule has 1 aliphatic heterocycles. The summed E-state index contributed by atoms with van der Waals surface area (Å²) in [5, 5.41) is 11.6. The molecule has 1 amide bonds. The first-order valence-corrected chi connectivity index (χ1v) is 9.91. The molecule has 0 fully saturated rings. The fourth-order valence-corrected chi connectivity index (χ4v) is 3.19. The molecule has 1 N–H and O–H groups in total. The molecular formula is C16H29N5OS. The summed E-state index contributed by atoms with van der Waals surface area (Å²) in [4.78, 5) is 14.1. The predicted molar refractivity (Wildman–Crippen MR) is 94.7 cm³/mol. The SMILES string of the molecule is CSCCCN1CCc2nnc(CCNC(=O)C(C)C)n2CC1. The maximum Gasteiger partial charge on any atom is 0.222 e. The molecule has 0 aliphatic carbocycles. The Morgan fingerprint density at radius 3 is 2.87 bits per heavy atom. The summed E-state index contributed by atoms with van der Waals surface area (Å²) in [6.07, 6.45) is 5.12. The highest BCUT2D eigenvalue weighted by Crippen LogP contribution is 2.11. The van der Waals surface area contributed by atoms with Crippen LogP contribution in [0.25, 0.3) is 0 Å². The summed E-state index contributed by atoms with van der Waals surface area (Å²) in [6, 6.07) is 0. The third-order valence-corrected chi connectivity index (χ3v) is 4.89. The molecule has 1 aliphatic rings. The Morgan fingerprint density at radius 1 is 1.30 bits per heavy atom. The summed E-state index contributed by atoms with van der Waals surface area (Å²) in [5.74, 6) is 3.43. The highest BCUT2D eigenvalue weighted by molar-refractivity contribution is 7.98. The topological polar surface area (TPSA) is 63.1 Å². The van der Waals surface area contributed by atoms with Gasteiger partial charge in [-0.2, -0.15) is 11.8 Å². The molecule has 0 saturated heterocycles. The van der Waals surface area contributed by atoms with Gasteiger partial charge in [0.05, 0.1) is 0 Å². The Morgan fingerprint density at radius 2 is 2.13 bits per heavy atom. The Balaban J connectivity index is 1.83. The third-order valence-electron chi connectivity index (χ3n) is 4.19. The Labute approximate surface area is 143 Å². The van der Waals surface area contributed by atoms with E-state index in [1.807, 2.05) is 25.6 Å². The van der Waals surface area contributed by atoms with Crippen LogP contribution in [0.3, 0.4) is 0 Å². The number of hydrogen-bond donors (Lipinski definition) is 1. The molecule has 0 aromatic carbocycles. The molecular weight excluding hydrogens is 310 g/mol. The molecule has 0 atom stereocenters. The van der Waals surface area contributed by atoms with Crippen LogP contribution in [0.1, 0.15) is 31.9 Å². The first kappa shape index (κ1) is 18.3. The van der Waals surface area contributed by atoms with Gasteiger partial charge in [0.1, 0.15) is 11.6 Å². The molecule has 1 aromatic rings. The molecule has 130 valence electrons. The third kappa shape index (κ3) is 5.49. The normalized spacial score (nSPS) is 15.5. The summed E-state index contributed by atoms with van der Waals surface area (Å²) in [5.41, 5.74) is 0. The molecule has 0 bridgehead atoms. The van der Waals surface area contributed by atoms with Gasteiger partial charge in [-0.1, -0.05) is 13.8 Å². The van der Waals surface area contributed by atoms with Crippen molar-refractivity contribution in [2.45, 2.75) is 39.7 Å². The summed E-state index contributed by atoms with van der Waals surface area (Å²) >= 11 is 1.91. The summed E-state index contributed by atoms with van der Waals surface area (Å²) in [7, 11) is 0. The number of carbonyl (C=O) groups excluding carboxylic acids is 1. The van der Waals surface area contributed by atoms with Gasteiger partial charge in [0.25, 0.3) is 0 Å². The zero-order valence-corrected chi connectivity index (χ0v) is 15.4. The van der Waals surface area contributed by atoms with E-state index in [9.17, 15) is 4.79 Å². The van der Waals surface area contributed by atoms with Crippen molar-refractivity contribution in [1.82, 2.24) is 25.0 Å². The second-order valence-electron chi connectivity index (χ2n) is 6.32. The van der Waals surface area contributed by atoms with E-state index in [1.54, 1.807) is 0 Å². The Hall–Kier alpha value is -1.08. The lowest BCUT2D eigenvalue weighted by molar-refractivity contribution is -0.123. The first-order chi connectivity index (χ1) is 11.1. The van der Waals surface area contributed by atoms with Gasteiger partial charge in [-0.15, -0.1) is 10.2 Å². The van der Waals surface area contributed by atoms with E-state index >= 15 is 0 Å². The van der Waals surface area contributed by atoms with Gasteiger partial charge in [0.2, 0.25) is 5.91 Å². The largest absolute Gasteiger partial charge is 0.355 e. The second-order valence-corrected chi connectivity index (χ2v) is 7.30. The van der Waals surface area contributed by atoms with Gasteiger partial charge >= 0.3 is 0 Å². The van der Waals surface area contributed by atoms with E-state index in [-0.39, 0.29) is 11.8 Å². The average molecular weight is 340 g/mol. The van der Waals surface area contributed by atoms with Gasteiger partial charge in [-0.3, -0.25) is 4.79 Å². The first-order valence-electron chi connectivity index (χ1n) is 8.51. The molecule has 2 rings (SSSR count). The number of fused-ring (bicyclic) bond motifs is 1. The molecule has 2 heterocycles. The molecule has 23 heavy (non-hydrogen) atoms. The molecule has 0 spiro atoms. The molecule has 7 heteroatoms. The van der Waals surface area contributed by atoms with E-state index in [1.165, 1.54) is 18.7 Å². The number of carbonyl (C=O) groups is 1. The van der Waals surface area contributed by atoms with Crippen molar-refractivity contribution in [3.05, 3.63) is 11.6 Å². The number of nitrogens with one attached hydrogen (secondary N) is 1. The quantitative estimate of drug-likeness (QED) is 0.721. The van der Waals surface area contributed by atoms with Gasteiger partial charge in [0, 0.05) is 44.9 Å². The van der Waals surface area contributed by atoms with Crippen LogP contribution in [0.15, 0.2) is 0 Å². The van der Waals surface area contributed by atoms with E-state index in [4.69, 9.17) is 0 Å². The molecule has 0 saturated carbocycles. The number of nitrogens with zero attached hydrogens (tertiary/aromatic N) is 4. The number of rotatable bonds is 8. The van der Waals surface area contributed by atoms with Crippen LogP contribution in [0, 0.1) is 5.92 Å². The van der Waals surface area contributed by atoms with Crippen molar-refractivity contribution in [2.75, 3.05) is 38.2 Å². The Kier molecular flexibility index (Phi) is 7.36. The van der Waals surface area contributed by atoms with Crippen LogP contribution in [0.5, 0.6) is 0 Å². The van der Waals surface area contributed by atoms with Crippen molar-refractivity contribution in [3.8, 4) is 0 Å². The van der Waals surface area contributed by atoms with Crippen LogP contribution in [-0.2, 0) is 24.2 Å². The molecule has 1 aromatic heterocycles. The zero-order valence-electron chi connectivity index (χ0n) is 14.5. The van der Waals surface area contributed by atoms with Crippen LogP contribution in [0.2, 0.25) is 0 Å². The van der Waals surface area contributed by atoms with Crippen molar-refractivity contribution in [2.24, 2.45) is 5.92 Å². The summed E-state index contributed by atoms with van der Waals surface area (Å²) in [6.45, 7) is 8.69. The Bertz CT molecular complexity index is 503. The fourth-order valence-electron chi connectivity index (χ4n) is 2.77. The number of hydrogen-bond acceptors (Lipinski definition) is 5. The zero-order chi connectivity index (χ0) is 16.7. The smallest absolute Gasteiger partial charge is 0.222 e. The lowest BCUT2D eigenvalue weighted by Gasteiger charge is -2.19. The molecule has 0 unspecified atom stereocenters.